The Morgan fingerprint density at radius 1 is 1.17 bits per heavy atom. The average Bonchev–Trinajstić information content (AvgIpc) is 3.02. The molecule has 2 aliphatic rings. The number of nitrogens with zero attached hydrogens (tertiary/aromatic N) is 1. The van der Waals surface area contributed by atoms with Gasteiger partial charge in [-0.25, -0.2) is 0 Å². The summed E-state index contributed by atoms with van der Waals surface area (Å²) in [6.07, 6.45) is 2.12. The molecule has 1 aromatic carbocycles. The molecule has 1 aromatic rings. The molecule has 2 saturated heterocycles. The number of rotatable bonds is 5. The maximum Gasteiger partial charge on any atom is 0.223 e. The van der Waals surface area contributed by atoms with E-state index in [0.29, 0.717) is 26.2 Å². The molecule has 0 radical (unpaired) electrons. The van der Waals surface area contributed by atoms with Crippen LogP contribution in [0.4, 0.5) is 0 Å². The van der Waals surface area contributed by atoms with Crippen molar-refractivity contribution >= 4 is 5.91 Å². The predicted molar refractivity (Wildman–Crippen MR) is 88.0 cm³/mol. The van der Waals surface area contributed by atoms with Gasteiger partial charge in [0, 0.05) is 45.4 Å². The first-order valence-electron chi connectivity index (χ1n) is 8.49. The van der Waals surface area contributed by atoms with Crippen molar-refractivity contribution in [2.24, 2.45) is 0 Å². The van der Waals surface area contributed by atoms with Gasteiger partial charge >= 0.3 is 0 Å². The third kappa shape index (κ3) is 4.31. The summed E-state index contributed by atoms with van der Waals surface area (Å²) in [6, 6.07) is 8.46. The fourth-order valence-corrected chi connectivity index (χ4v) is 3.17. The van der Waals surface area contributed by atoms with Crippen LogP contribution in [0.25, 0.3) is 0 Å². The lowest BCUT2D eigenvalue weighted by Gasteiger charge is -2.37. The molecule has 2 aliphatic heterocycles. The minimum absolute atomic E-state index is 0.217. The Kier molecular flexibility index (Phi) is 5.30. The number of likely N-dealkylation sites (tertiary alicyclic amines) is 1. The fourth-order valence-electron chi connectivity index (χ4n) is 3.17. The molecular weight excluding hydrogens is 292 g/mol. The predicted octanol–water partition coefficient (Wildman–Crippen LogP) is 1.84. The van der Waals surface area contributed by atoms with Gasteiger partial charge in [0.2, 0.25) is 5.91 Å². The van der Waals surface area contributed by atoms with Gasteiger partial charge in [-0.1, -0.05) is 29.8 Å². The molecule has 3 rings (SSSR count). The first-order valence-corrected chi connectivity index (χ1v) is 8.49. The van der Waals surface area contributed by atoms with Crippen molar-refractivity contribution in [1.29, 1.82) is 0 Å². The summed E-state index contributed by atoms with van der Waals surface area (Å²) in [7, 11) is 0. The van der Waals surface area contributed by atoms with Crippen molar-refractivity contribution in [3.63, 3.8) is 0 Å². The standard InChI is InChI=1S/C18H26N2O3/c1-15-2-4-16(5-3-15)14-19-9-6-17(21)20-10-7-18(8-11-20)22-12-13-23-18/h2-5,19H,6-14H2,1H3. The molecule has 1 spiro atoms. The number of aryl methyl sites for hydroxylation is 1. The van der Waals surface area contributed by atoms with Crippen LogP contribution in [0.15, 0.2) is 24.3 Å². The zero-order valence-electron chi connectivity index (χ0n) is 13.8. The molecule has 0 aliphatic carbocycles. The summed E-state index contributed by atoms with van der Waals surface area (Å²) in [5, 5.41) is 3.34. The van der Waals surface area contributed by atoms with Gasteiger partial charge in [-0.05, 0) is 12.5 Å². The second kappa shape index (κ2) is 7.43. The van der Waals surface area contributed by atoms with E-state index in [2.05, 4.69) is 36.5 Å². The highest BCUT2D eigenvalue weighted by atomic mass is 16.7. The lowest BCUT2D eigenvalue weighted by Crippen LogP contribution is -2.47. The van der Waals surface area contributed by atoms with Crippen molar-refractivity contribution in [1.82, 2.24) is 10.2 Å². The smallest absolute Gasteiger partial charge is 0.223 e. The topological polar surface area (TPSA) is 50.8 Å². The van der Waals surface area contributed by atoms with Crippen molar-refractivity contribution in [3.8, 4) is 0 Å². The SMILES string of the molecule is Cc1ccc(CNCCC(=O)N2CCC3(CC2)OCCO3)cc1. The second-order valence-corrected chi connectivity index (χ2v) is 6.40. The molecule has 126 valence electrons. The Labute approximate surface area is 137 Å². The summed E-state index contributed by atoms with van der Waals surface area (Å²) in [5.41, 5.74) is 2.51. The summed E-state index contributed by atoms with van der Waals surface area (Å²) < 4.78 is 11.4. The average molecular weight is 318 g/mol. The van der Waals surface area contributed by atoms with Crippen LogP contribution in [0.3, 0.4) is 0 Å². The molecule has 0 saturated carbocycles. The zero-order chi connectivity index (χ0) is 16.1. The van der Waals surface area contributed by atoms with Crippen LogP contribution in [0, 0.1) is 6.92 Å². The summed E-state index contributed by atoms with van der Waals surface area (Å²) in [5.74, 6) is -0.185. The van der Waals surface area contributed by atoms with Crippen LogP contribution in [0.1, 0.15) is 30.4 Å². The highest BCUT2D eigenvalue weighted by Crippen LogP contribution is 2.31. The van der Waals surface area contributed by atoms with E-state index in [-0.39, 0.29) is 5.91 Å². The van der Waals surface area contributed by atoms with Gasteiger partial charge in [-0.2, -0.15) is 0 Å². The van der Waals surface area contributed by atoms with E-state index in [9.17, 15) is 4.79 Å². The third-order valence-corrected chi connectivity index (χ3v) is 4.66. The van der Waals surface area contributed by atoms with Gasteiger partial charge in [-0.3, -0.25) is 4.79 Å². The quantitative estimate of drug-likeness (QED) is 0.842. The van der Waals surface area contributed by atoms with E-state index in [1.807, 2.05) is 4.90 Å². The van der Waals surface area contributed by atoms with E-state index < -0.39 is 5.79 Å². The Bertz CT molecular complexity index is 514. The number of ether oxygens (including phenoxy) is 2. The van der Waals surface area contributed by atoms with E-state index in [0.717, 1.165) is 32.5 Å². The Hall–Kier alpha value is -1.43. The normalized spacial score (nSPS) is 20.1. The van der Waals surface area contributed by atoms with Crippen molar-refractivity contribution in [2.45, 2.75) is 38.5 Å². The van der Waals surface area contributed by atoms with Crippen LogP contribution in [-0.4, -0.2) is 49.4 Å². The highest BCUT2D eigenvalue weighted by Gasteiger charge is 2.40. The van der Waals surface area contributed by atoms with Gasteiger partial charge in [0.1, 0.15) is 0 Å². The lowest BCUT2D eigenvalue weighted by atomic mass is 10.0. The largest absolute Gasteiger partial charge is 0.347 e. The van der Waals surface area contributed by atoms with Crippen molar-refractivity contribution < 1.29 is 14.3 Å². The maximum atomic E-state index is 12.3. The summed E-state index contributed by atoms with van der Waals surface area (Å²) >= 11 is 0. The number of piperidine rings is 1. The fraction of sp³-hybridized carbons (Fsp3) is 0.611. The van der Waals surface area contributed by atoms with E-state index in [1.54, 1.807) is 0 Å². The van der Waals surface area contributed by atoms with Gasteiger partial charge in [0.05, 0.1) is 13.2 Å². The Morgan fingerprint density at radius 3 is 2.48 bits per heavy atom. The molecule has 0 aromatic heterocycles. The minimum Gasteiger partial charge on any atom is -0.347 e. The van der Waals surface area contributed by atoms with E-state index in [4.69, 9.17) is 9.47 Å². The molecule has 5 nitrogen and oxygen atoms in total. The molecule has 0 bridgehead atoms. The summed E-state index contributed by atoms with van der Waals surface area (Å²) in [6.45, 7) is 6.42. The Balaban J connectivity index is 1.34. The number of hydrogen-bond donors (Lipinski definition) is 1. The molecule has 1 N–H and O–H groups in total. The van der Waals surface area contributed by atoms with Crippen LogP contribution >= 0.6 is 0 Å². The number of hydrogen-bond acceptors (Lipinski definition) is 4. The van der Waals surface area contributed by atoms with Crippen LogP contribution in [-0.2, 0) is 20.8 Å². The molecule has 2 fully saturated rings. The highest BCUT2D eigenvalue weighted by molar-refractivity contribution is 5.76. The molecule has 0 atom stereocenters. The first kappa shape index (κ1) is 16.4. The number of carbonyl (C=O) groups excluding carboxylic acids is 1. The summed E-state index contributed by atoms with van der Waals surface area (Å²) in [4.78, 5) is 14.2. The first-order chi connectivity index (χ1) is 11.2. The molecular formula is C18H26N2O3. The van der Waals surface area contributed by atoms with E-state index >= 15 is 0 Å². The Morgan fingerprint density at radius 2 is 1.83 bits per heavy atom. The molecule has 23 heavy (non-hydrogen) atoms. The number of nitrogens with one attached hydrogen (secondary N) is 1. The van der Waals surface area contributed by atoms with Crippen molar-refractivity contribution in [2.75, 3.05) is 32.8 Å². The number of benzene rings is 1. The van der Waals surface area contributed by atoms with Crippen LogP contribution in [0.2, 0.25) is 0 Å². The molecule has 2 heterocycles. The van der Waals surface area contributed by atoms with E-state index in [1.165, 1.54) is 11.1 Å². The third-order valence-electron chi connectivity index (χ3n) is 4.66. The maximum absolute atomic E-state index is 12.3. The number of amides is 1. The van der Waals surface area contributed by atoms with Gasteiger partial charge < -0.3 is 19.7 Å². The van der Waals surface area contributed by atoms with Gasteiger partial charge in [-0.15, -0.1) is 0 Å². The second-order valence-electron chi connectivity index (χ2n) is 6.40. The molecule has 5 heteroatoms. The molecule has 0 unspecified atom stereocenters. The van der Waals surface area contributed by atoms with Crippen molar-refractivity contribution in [3.05, 3.63) is 35.4 Å². The van der Waals surface area contributed by atoms with Crippen LogP contribution < -0.4 is 5.32 Å². The van der Waals surface area contributed by atoms with Gasteiger partial charge in [0.15, 0.2) is 5.79 Å². The molecule has 1 amide bonds. The zero-order valence-corrected chi connectivity index (χ0v) is 13.8. The lowest BCUT2D eigenvalue weighted by molar-refractivity contribution is -0.187. The monoisotopic (exact) mass is 318 g/mol. The van der Waals surface area contributed by atoms with Gasteiger partial charge in [0.25, 0.3) is 0 Å². The number of carbonyl (C=O) groups is 1. The van der Waals surface area contributed by atoms with Crippen LogP contribution in [0.5, 0.6) is 0 Å². The minimum atomic E-state index is -0.402.